The molecule has 4 aromatic carbocycles. The highest BCUT2D eigenvalue weighted by Gasteiger charge is 2.27. The number of nitrogens with one attached hydrogen (secondary N) is 5. The monoisotopic (exact) mass is 663 g/mol. The molecule has 10 rings (SSSR count). The number of benzene rings is 4. The van der Waals surface area contributed by atoms with Crippen LogP contribution in [0.2, 0.25) is 0 Å². The van der Waals surface area contributed by atoms with E-state index in [0.717, 1.165) is 74.2 Å². The van der Waals surface area contributed by atoms with E-state index >= 15 is 0 Å². The Kier molecular flexibility index (Phi) is 7.86. The van der Waals surface area contributed by atoms with Crippen LogP contribution in [0, 0.1) is 0 Å². The van der Waals surface area contributed by atoms with E-state index in [1.54, 1.807) is 0 Å². The van der Waals surface area contributed by atoms with E-state index in [0.29, 0.717) is 11.8 Å². The summed E-state index contributed by atoms with van der Waals surface area (Å²) in [7, 11) is 0. The number of H-pyrrole nitrogens is 5. The third-order valence-corrected chi connectivity index (χ3v) is 11.0. The molecule has 0 amide bonds. The number of allylic oxidation sites excluding steroid dienone is 1. The molecule has 3 aromatic heterocycles. The number of para-hydroxylation sites is 1. The zero-order valence-electron chi connectivity index (χ0n) is 28.0. The van der Waals surface area contributed by atoms with Gasteiger partial charge in [-0.2, -0.15) is 0 Å². The summed E-state index contributed by atoms with van der Waals surface area (Å²) in [4.78, 5) is 42.7. The number of rotatable bonds is 6. The summed E-state index contributed by atoms with van der Waals surface area (Å²) in [5.41, 5.74) is 12.9. The van der Waals surface area contributed by atoms with Gasteiger partial charge in [-0.1, -0.05) is 60.7 Å². The molecular formula is C41H41N7O2. The van der Waals surface area contributed by atoms with Gasteiger partial charge in [-0.15, -0.1) is 0 Å². The molecule has 0 bridgehead atoms. The van der Waals surface area contributed by atoms with Gasteiger partial charge >= 0.3 is 11.4 Å². The van der Waals surface area contributed by atoms with Crippen molar-refractivity contribution in [2.24, 2.45) is 0 Å². The van der Waals surface area contributed by atoms with Gasteiger partial charge in [-0.05, 0) is 108 Å². The molecule has 0 radical (unpaired) electrons. The Hall–Kier alpha value is -5.38. The van der Waals surface area contributed by atoms with Crippen LogP contribution in [-0.4, -0.2) is 67.4 Å². The highest BCUT2D eigenvalue weighted by molar-refractivity contribution is 5.83. The van der Waals surface area contributed by atoms with Crippen LogP contribution in [0.1, 0.15) is 52.5 Å². The van der Waals surface area contributed by atoms with Gasteiger partial charge in [0.2, 0.25) is 0 Å². The van der Waals surface area contributed by atoms with E-state index < -0.39 is 0 Å². The Morgan fingerprint density at radius 1 is 0.620 bits per heavy atom. The molecule has 1 aliphatic carbocycles. The van der Waals surface area contributed by atoms with Gasteiger partial charge in [-0.3, -0.25) is 9.80 Å². The fourth-order valence-corrected chi connectivity index (χ4v) is 8.35. The minimum atomic E-state index is -0.139. The first-order valence-electron chi connectivity index (χ1n) is 17.7. The molecule has 252 valence electrons. The number of aromatic nitrogens is 5. The van der Waals surface area contributed by atoms with E-state index in [1.807, 2.05) is 12.1 Å². The SMILES string of the molecule is O=c1[nH]c2ccc(C3CCN(CC4=CCc5ccccc54)C3)cc2[nH]1.O=c1[nH]c2ccc(C3CCN(Cc4c[nH]c5ccccc45)C3)cc2[nH]1. The second-order valence-electron chi connectivity index (χ2n) is 14.2. The van der Waals surface area contributed by atoms with Gasteiger partial charge in [0.25, 0.3) is 0 Å². The summed E-state index contributed by atoms with van der Waals surface area (Å²) in [5.74, 6) is 1.06. The van der Waals surface area contributed by atoms with E-state index in [-0.39, 0.29) is 11.4 Å². The predicted octanol–water partition coefficient (Wildman–Crippen LogP) is 6.61. The third-order valence-electron chi connectivity index (χ3n) is 11.0. The zero-order chi connectivity index (χ0) is 33.6. The van der Waals surface area contributed by atoms with E-state index in [9.17, 15) is 9.59 Å². The Bertz CT molecular complexity index is 2480. The van der Waals surface area contributed by atoms with Gasteiger partial charge < -0.3 is 24.9 Å². The lowest BCUT2D eigenvalue weighted by atomic mass is 9.98. The molecular weight excluding hydrogens is 622 g/mol. The van der Waals surface area contributed by atoms with Crippen molar-refractivity contribution in [3.8, 4) is 0 Å². The van der Waals surface area contributed by atoms with Crippen LogP contribution in [-0.2, 0) is 13.0 Å². The normalized spacial score (nSPS) is 19.3. The standard InChI is InChI=1S/C21H21N3O.C20H20N4O/c25-21-22-19-8-7-15(11-20(19)23-21)16-9-10-24(12-16)13-17-6-5-14-3-1-2-4-18(14)17;25-20-22-18-6-5-13(9-19(18)23-20)14-7-8-24(11-14)12-15-10-21-17-4-2-1-3-16(15)17/h1-4,6-8,11,16H,5,9-10,12-13H2,(H2,22,23,25);1-6,9-10,14,21H,7-8,11-12H2,(H2,22,23,25). The summed E-state index contributed by atoms with van der Waals surface area (Å²) in [6.07, 6.45) is 7.92. The van der Waals surface area contributed by atoms with Crippen molar-refractivity contribution in [3.05, 3.63) is 146 Å². The maximum absolute atomic E-state index is 11.4. The topological polar surface area (TPSA) is 120 Å². The smallest absolute Gasteiger partial charge is 0.323 e. The molecule has 9 heteroatoms. The average Bonchev–Trinajstić information content (AvgIpc) is 3.99. The first-order valence-corrected chi connectivity index (χ1v) is 17.7. The average molecular weight is 664 g/mol. The molecule has 2 unspecified atom stereocenters. The summed E-state index contributed by atoms with van der Waals surface area (Å²) in [6, 6.07) is 29.8. The summed E-state index contributed by atoms with van der Waals surface area (Å²) in [6.45, 7) is 6.39. The van der Waals surface area contributed by atoms with Crippen molar-refractivity contribution < 1.29 is 0 Å². The fraction of sp³-hybridized carbons (Fsp3) is 0.268. The maximum Gasteiger partial charge on any atom is 0.323 e. The summed E-state index contributed by atoms with van der Waals surface area (Å²) < 4.78 is 0. The molecule has 3 aliphatic rings. The number of imidazole rings is 2. The van der Waals surface area contributed by atoms with E-state index in [2.05, 4.69) is 120 Å². The first-order chi connectivity index (χ1) is 24.5. The third kappa shape index (κ3) is 6.03. The predicted molar refractivity (Wildman–Crippen MR) is 201 cm³/mol. The quantitative estimate of drug-likeness (QED) is 0.138. The van der Waals surface area contributed by atoms with Gasteiger partial charge in [0, 0.05) is 43.3 Å². The van der Waals surface area contributed by atoms with Crippen LogP contribution in [0.3, 0.4) is 0 Å². The molecule has 0 spiro atoms. The lowest BCUT2D eigenvalue weighted by Gasteiger charge is -2.18. The number of fused-ring (bicyclic) bond motifs is 4. The molecule has 7 aromatic rings. The molecule has 2 atom stereocenters. The van der Waals surface area contributed by atoms with Crippen LogP contribution in [0.4, 0.5) is 0 Å². The zero-order valence-corrected chi connectivity index (χ0v) is 28.0. The first kappa shape index (κ1) is 30.7. The second kappa shape index (κ2) is 12.8. The minimum Gasteiger partial charge on any atom is -0.361 e. The van der Waals surface area contributed by atoms with Crippen molar-refractivity contribution >= 4 is 38.5 Å². The van der Waals surface area contributed by atoms with Crippen LogP contribution in [0.5, 0.6) is 0 Å². The van der Waals surface area contributed by atoms with Crippen LogP contribution in [0.25, 0.3) is 38.5 Å². The lowest BCUT2D eigenvalue weighted by molar-refractivity contribution is 0.328. The molecule has 50 heavy (non-hydrogen) atoms. The molecule has 5 heterocycles. The highest BCUT2D eigenvalue weighted by Crippen LogP contribution is 2.33. The molecule has 0 saturated carbocycles. The van der Waals surface area contributed by atoms with Crippen molar-refractivity contribution in [2.45, 2.75) is 37.6 Å². The van der Waals surface area contributed by atoms with Crippen molar-refractivity contribution in [1.82, 2.24) is 34.7 Å². The Labute approximate surface area is 289 Å². The van der Waals surface area contributed by atoms with Crippen molar-refractivity contribution in [3.63, 3.8) is 0 Å². The summed E-state index contributed by atoms with van der Waals surface area (Å²) in [5, 5.41) is 1.32. The Balaban J connectivity index is 0.000000135. The molecule has 2 aliphatic heterocycles. The van der Waals surface area contributed by atoms with E-state index in [4.69, 9.17) is 0 Å². The lowest BCUT2D eigenvalue weighted by Crippen LogP contribution is -2.22. The maximum atomic E-state index is 11.4. The summed E-state index contributed by atoms with van der Waals surface area (Å²) >= 11 is 0. The number of aromatic amines is 5. The van der Waals surface area contributed by atoms with Gasteiger partial charge in [0.1, 0.15) is 0 Å². The number of likely N-dealkylation sites (tertiary alicyclic amines) is 2. The van der Waals surface area contributed by atoms with Crippen LogP contribution < -0.4 is 11.4 Å². The number of hydrogen-bond acceptors (Lipinski definition) is 4. The molecule has 2 saturated heterocycles. The fourth-order valence-electron chi connectivity index (χ4n) is 8.35. The van der Waals surface area contributed by atoms with Gasteiger partial charge in [0.15, 0.2) is 0 Å². The van der Waals surface area contributed by atoms with Crippen LogP contribution >= 0.6 is 0 Å². The highest BCUT2D eigenvalue weighted by atomic mass is 16.1. The Morgan fingerprint density at radius 3 is 1.92 bits per heavy atom. The van der Waals surface area contributed by atoms with E-state index in [1.165, 1.54) is 50.7 Å². The Morgan fingerprint density at radius 2 is 1.22 bits per heavy atom. The second-order valence-corrected chi connectivity index (χ2v) is 14.2. The van der Waals surface area contributed by atoms with Crippen LogP contribution in [0.15, 0.2) is 107 Å². The molecule has 2 fully saturated rings. The molecule has 9 nitrogen and oxygen atoms in total. The number of hydrogen-bond donors (Lipinski definition) is 5. The minimum absolute atomic E-state index is 0.132. The van der Waals surface area contributed by atoms with Crippen molar-refractivity contribution in [2.75, 3.05) is 32.7 Å². The largest absolute Gasteiger partial charge is 0.361 e. The van der Waals surface area contributed by atoms with Crippen molar-refractivity contribution in [1.29, 1.82) is 0 Å². The van der Waals surface area contributed by atoms with Gasteiger partial charge in [-0.25, -0.2) is 9.59 Å². The number of nitrogens with zero attached hydrogens (tertiary/aromatic N) is 2. The van der Waals surface area contributed by atoms with Gasteiger partial charge in [0.05, 0.1) is 22.1 Å². The molecule has 5 N–H and O–H groups in total.